The largest absolute Gasteiger partial charge is 0.364 e. The molecule has 1 amide bonds. The Morgan fingerprint density at radius 3 is 2.47 bits per heavy atom. The Labute approximate surface area is 174 Å². The highest BCUT2D eigenvalue weighted by Gasteiger charge is 2.25. The van der Waals surface area contributed by atoms with Gasteiger partial charge in [0.1, 0.15) is 0 Å². The summed E-state index contributed by atoms with van der Waals surface area (Å²) in [5.74, 6) is -0.469. The molecule has 0 bridgehead atoms. The van der Waals surface area contributed by atoms with Crippen molar-refractivity contribution in [2.24, 2.45) is 0 Å². The molecule has 8 heteroatoms. The first-order valence-electron chi connectivity index (χ1n) is 9.91. The maximum atomic E-state index is 13.3. The zero-order valence-corrected chi connectivity index (χ0v) is 16.8. The Hall–Kier alpha value is -3.52. The Morgan fingerprint density at radius 1 is 0.933 bits per heavy atom. The molecule has 4 rings (SSSR count). The van der Waals surface area contributed by atoms with Gasteiger partial charge in [-0.3, -0.25) is 4.79 Å². The number of carbonyl (C=O) groups is 2. The van der Waals surface area contributed by atoms with Crippen LogP contribution in [0.1, 0.15) is 32.7 Å². The molecule has 0 N–H and O–H groups in total. The van der Waals surface area contributed by atoms with E-state index in [1.165, 1.54) is 4.80 Å². The molecule has 2 heterocycles. The molecular formula is C22H23N5O3. The lowest BCUT2D eigenvalue weighted by Gasteiger charge is -2.22. The zero-order valence-electron chi connectivity index (χ0n) is 16.8. The highest BCUT2D eigenvalue weighted by Crippen LogP contribution is 2.19. The van der Waals surface area contributed by atoms with Gasteiger partial charge in [0.25, 0.3) is 5.91 Å². The molecule has 8 nitrogen and oxygen atoms in total. The van der Waals surface area contributed by atoms with Crippen LogP contribution in [-0.4, -0.2) is 63.0 Å². The van der Waals surface area contributed by atoms with Crippen LogP contribution in [0.5, 0.6) is 0 Å². The number of hydrogen-bond acceptors (Lipinski definition) is 6. The van der Waals surface area contributed by atoms with Crippen LogP contribution in [0, 0.1) is 6.92 Å². The van der Waals surface area contributed by atoms with E-state index in [-0.39, 0.29) is 11.9 Å². The normalized spacial score (nSPS) is 14.9. The van der Waals surface area contributed by atoms with E-state index >= 15 is 0 Å². The summed E-state index contributed by atoms with van der Waals surface area (Å²) < 4.78 is 0. The smallest absolute Gasteiger partial charge is 0.357 e. The number of aromatic nitrogens is 3. The maximum Gasteiger partial charge on any atom is 0.357 e. The quantitative estimate of drug-likeness (QED) is 0.664. The summed E-state index contributed by atoms with van der Waals surface area (Å²) in [7, 11) is 0. The molecule has 0 saturated carbocycles. The molecule has 0 spiro atoms. The van der Waals surface area contributed by atoms with Gasteiger partial charge in [-0.2, -0.15) is 15.0 Å². The van der Waals surface area contributed by atoms with Gasteiger partial charge in [-0.15, -0.1) is 5.06 Å². The predicted octanol–water partition coefficient (Wildman–Crippen LogP) is 2.50. The van der Waals surface area contributed by atoms with Crippen molar-refractivity contribution in [2.75, 3.05) is 26.2 Å². The third-order valence-corrected chi connectivity index (χ3v) is 4.98. The van der Waals surface area contributed by atoms with Gasteiger partial charge in [-0.25, -0.2) is 4.79 Å². The minimum atomic E-state index is -0.388. The van der Waals surface area contributed by atoms with E-state index in [1.54, 1.807) is 46.6 Å². The fourth-order valence-corrected chi connectivity index (χ4v) is 3.44. The van der Waals surface area contributed by atoms with E-state index in [0.717, 1.165) is 5.56 Å². The minimum absolute atomic E-state index is 0.0813. The molecule has 0 atom stereocenters. The number of carbonyl (C=O) groups excluding carboxylic acids is 2. The molecule has 1 aliphatic heterocycles. The Bertz CT molecular complexity index is 1020. The van der Waals surface area contributed by atoms with Crippen molar-refractivity contribution in [2.45, 2.75) is 13.3 Å². The van der Waals surface area contributed by atoms with E-state index in [4.69, 9.17) is 4.84 Å². The van der Waals surface area contributed by atoms with Gasteiger partial charge in [0.2, 0.25) is 0 Å². The number of aryl methyl sites for hydroxylation is 1. The molecule has 1 saturated heterocycles. The summed E-state index contributed by atoms with van der Waals surface area (Å²) in [6.07, 6.45) is 3.87. The van der Waals surface area contributed by atoms with Crippen molar-refractivity contribution in [3.63, 3.8) is 0 Å². The fraction of sp³-hybridized carbons (Fsp3) is 0.273. The van der Waals surface area contributed by atoms with Crippen molar-refractivity contribution >= 4 is 11.9 Å². The first-order chi connectivity index (χ1) is 14.6. The summed E-state index contributed by atoms with van der Waals surface area (Å²) in [5.41, 5.74) is 2.70. The van der Waals surface area contributed by atoms with Gasteiger partial charge in [-0.05, 0) is 37.6 Å². The number of hydrogen-bond donors (Lipinski definition) is 0. The average molecular weight is 405 g/mol. The van der Waals surface area contributed by atoms with Crippen molar-refractivity contribution in [3.05, 3.63) is 77.6 Å². The van der Waals surface area contributed by atoms with E-state index in [2.05, 4.69) is 10.2 Å². The molecule has 1 fully saturated rings. The molecule has 3 aromatic rings. The highest BCUT2D eigenvalue weighted by atomic mass is 16.7. The second-order valence-corrected chi connectivity index (χ2v) is 7.16. The van der Waals surface area contributed by atoms with Crippen LogP contribution in [0.15, 0.2) is 60.9 Å². The van der Waals surface area contributed by atoms with E-state index in [1.807, 2.05) is 31.2 Å². The molecule has 1 aliphatic rings. The Morgan fingerprint density at radius 2 is 1.70 bits per heavy atom. The Balaban J connectivity index is 1.46. The van der Waals surface area contributed by atoms with Gasteiger partial charge in [0, 0.05) is 19.6 Å². The lowest BCUT2D eigenvalue weighted by Crippen LogP contribution is -2.36. The number of benzene rings is 2. The molecule has 0 radical (unpaired) electrons. The molecule has 0 unspecified atom stereocenters. The van der Waals surface area contributed by atoms with Crippen LogP contribution in [0.4, 0.5) is 0 Å². The van der Waals surface area contributed by atoms with Gasteiger partial charge < -0.3 is 9.74 Å². The fourth-order valence-electron chi connectivity index (χ4n) is 3.44. The van der Waals surface area contributed by atoms with Crippen LogP contribution in [0.3, 0.4) is 0 Å². The number of amides is 1. The van der Waals surface area contributed by atoms with Crippen molar-refractivity contribution < 1.29 is 14.4 Å². The van der Waals surface area contributed by atoms with E-state index in [0.29, 0.717) is 49.4 Å². The average Bonchev–Trinajstić information content (AvgIpc) is 3.20. The molecule has 30 heavy (non-hydrogen) atoms. The first kappa shape index (κ1) is 19.8. The second-order valence-electron chi connectivity index (χ2n) is 7.16. The third kappa shape index (κ3) is 4.38. The topological polar surface area (TPSA) is 80.6 Å². The summed E-state index contributed by atoms with van der Waals surface area (Å²) in [6.45, 7) is 4.01. The number of hydroxylamine groups is 2. The first-order valence-corrected chi connectivity index (χ1v) is 9.91. The third-order valence-electron chi connectivity index (χ3n) is 4.98. The van der Waals surface area contributed by atoms with E-state index < -0.39 is 0 Å². The van der Waals surface area contributed by atoms with Crippen LogP contribution >= 0.6 is 0 Å². The molecule has 154 valence electrons. The van der Waals surface area contributed by atoms with Gasteiger partial charge in [0.15, 0.2) is 0 Å². The molecule has 0 aliphatic carbocycles. The summed E-state index contributed by atoms with van der Waals surface area (Å²) in [6, 6.07) is 14.5. The van der Waals surface area contributed by atoms with Crippen LogP contribution < -0.4 is 0 Å². The lowest BCUT2D eigenvalue weighted by molar-refractivity contribution is -0.106. The molecule has 1 aromatic heterocycles. The van der Waals surface area contributed by atoms with E-state index in [9.17, 15) is 9.59 Å². The number of rotatable bonds is 4. The van der Waals surface area contributed by atoms with Gasteiger partial charge >= 0.3 is 5.97 Å². The van der Waals surface area contributed by atoms with Crippen molar-refractivity contribution in [1.82, 2.24) is 25.0 Å². The monoisotopic (exact) mass is 405 g/mol. The van der Waals surface area contributed by atoms with Crippen LogP contribution in [0.2, 0.25) is 0 Å². The van der Waals surface area contributed by atoms with Crippen molar-refractivity contribution in [3.8, 4) is 5.69 Å². The summed E-state index contributed by atoms with van der Waals surface area (Å²) in [4.78, 5) is 34.4. The second kappa shape index (κ2) is 8.87. The summed E-state index contributed by atoms with van der Waals surface area (Å²) >= 11 is 0. The van der Waals surface area contributed by atoms with Gasteiger partial charge in [0.05, 0.1) is 35.8 Å². The molecule has 2 aromatic carbocycles. The standard InChI is InChI=1S/C22H23N5O3/c1-17-8-9-20(27-23-10-11-24-27)19(16-17)21(28)25-12-5-13-26(15-14-25)30-22(29)18-6-3-2-4-7-18/h2-4,6-11,16H,5,12-15H2,1H3. The van der Waals surface area contributed by atoms with Gasteiger partial charge in [-0.1, -0.05) is 29.8 Å². The van der Waals surface area contributed by atoms with Crippen LogP contribution in [0.25, 0.3) is 5.69 Å². The highest BCUT2D eigenvalue weighted by molar-refractivity contribution is 5.98. The SMILES string of the molecule is Cc1ccc(-n2nccn2)c(C(=O)N2CCCN(OC(=O)c3ccccc3)CC2)c1. The summed E-state index contributed by atoms with van der Waals surface area (Å²) in [5, 5.41) is 9.96. The molecular weight excluding hydrogens is 382 g/mol. The lowest BCUT2D eigenvalue weighted by atomic mass is 10.1. The van der Waals surface area contributed by atoms with Crippen LogP contribution in [-0.2, 0) is 4.84 Å². The van der Waals surface area contributed by atoms with Crippen molar-refractivity contribution in [1.29, 1.82) is 0 Å². The maximum absolute atomic E-state index is 13.3. The predicted molar refractivity (Wildman–Crippen MR) is 110 cm³/mol. The Kier molecular flexibility index (Phi) is 5.85. The number of nitrogens with zero attached hydrogens (tertiary/aromatic N) is 5. The minimum Gasteiger partial charge on any atom is -0.364 e. The zero-order chi connectivity index (χ0) is 20.9.